The summed E-state index contributed by atoms with van der Waals surface area (Å²) in [4.78, 5) is 26.7. The zero-order valence-corrected chi connectivity index (χ0v) is 15.8. The van der Waals surface area contributed by atoms with Gasteiger partial charge in [-0.1, -0.05) is 11.8 Å². The normalized spacial score (nSPS) is 26.4. The first-order valence-corrected chi connectivity index (χ1v) is 9.91. The van der Waals surface area contributed by atoms with Gasteiger partial charge in [0.2, 0.25) is 11.8 Å². The topological polar surface area (TPSA) is 86.3 Å². The van der Waals surface area contributed by atoms with E-state index in [9.17, 15) is 14.9 Å². The van der Waals surface area contributed by atoms with Gasteiger partial charge in [-0.25, -0.2) is 0 Å². The molecule has 2 aliphatic rings. The van der Waals surface area contributed by atoms with Gasteiger partial charge < -0.3 is 14.6 Å². The van der Waals surface area contributed by atoms with E-state index in [1.165, 1.54) is 18.0 Å². The van der Waals surface area contributed by atoms with Crippen LogP contribution >= 0.6 is 11.8 Å². The first-order valence-electron chi connectivity index (χ1n) is 8.92. The van der Waals surface area contributed by atoms with Crippen LogP contribution in [0.1, 0.15) is 51.2 Å². The van der Waals surface area contributed by atoms with E-state index >= 15 is 0 Å². The minimum atomic E-state index is -0.394. The molecule has 1 saturated heterocycles. The number of hydrogen-bond acceptors (Lipinski definition) is 5. The maximum atomic E-state index is 12.7. The molecule has 138 valence electrons. The summed E-state index contributed by atoms with van der Waals surface area (Å²) in [5.74, 6) is 0.294. The van der Waals surface area contributed by atoms with Gasteiger partial charge in [0.05, 0.1) is 34.6 Å². The van der Waals surface area contributed by atoms with Crippen molar-refractivity contribution in [1.82, 2.24) is 10.2 Å². The number of likely N-dealkylation sites (tertiary alicyclic amines) is 1. The number of thioether (sulfide) groups is 1. The average molecular weight is 373 g/mol. The molecule has 2 amide bonds. The maximum absolute atomic E-state index is 12.7. The van der Waals surface area contributed by atoms with E-state index in [0.29, 0.717) is 16.4 Å². The Labute approximate surface area is 157 Å². The van der Waals surface area contributed by atoms with Gasteiger partial charge in [-0.05, 0) is 45.2 Å². The van der Waals surface area contributed by atoms with Crippen LogP contribution in [-0.4, -0.2) is 34.6 Å². The number of nitriles is 1. The molecule has 1 aromatic heterocycles. The van der Waals surface area contributed by atoms with Crippen molar-refractivity contribution in [3.63, 3.8) is 0 Å². The molecule has 1 fully saturated rings. The lowest BCUT2D eigenvalue weighted by atomic mass is 9.92. The minimum Gasteiger partial charge on any atom is -0.469 e. The van der Waals surface area contributed by atoms with Crippen molar-refractivity contribution in [1.29, 1.82) is 5.26 Å². The van der Waals surface area contributed by atoms with Crippen molar-refractivity contribution < 1.29 is 14.0 Å². The van der Waals surface area contributed by atoms with E-state index in [4.69, 9.17) is 4.42 Å². The average Bonchev–Trinajstić information content (AvgIpc) is 3.13. The van der Waals surface area contributed by atoms with Crippen LogP contribution in [0.4, 0.5) is 0 Å². The summed E-state index contributed by atoms with van der Waals surface area (Å²) >= 11 is 1.23. The number of allylic oxidation sites excluding steroid dienone is 1. The first-order chi connectivity index (χ1) is 12.5. The summed E-state index contributed by atoms with van der Waals surface area (Å²) in [6.45, 7) is 4.15. The number of furan rings is 1. The fraction of sp³-hybridized carbons (Fsp3) is 0.526. The van der Waals surface area contributed by atoms with Crippen molar-refractivity contribution in [3.8, 4) is 6.07 Å². The van der Waals surface area contributed by atoms with Crippen LogP contribution in [0.2, 0.25) is 0 Å². The second-order valence-corrected chi connectivity index (χ2v) is 7.88. The van der Waals surface area contributed by atoms with Crippen molar-refractivity contribution >= 4 is 23.6 Å². The Morgan fingerprint density at radius 2 is 2.15 bits per heavy atom. The van der Waals surface area contributed by atoms with Gasteiger partial charge in [-0.2, -0.15) is 5.26 Å². The Morgan fingerprint density at radius 3 is 2.77 bits per heavy atom. The molecular formula is C19H23N3O3S. The molecule has 26 heavy (non-hydrogen) atoms. The fourth-order valence-corrected chi connectivity index (χ4v) is 4.73. The summed E-state index contributed by atoms with van der Waals surface area (Å²) in [5.41, 5.74) is 0.456. The molecular weight excluding hydrogens is 350 g/mol. The van der Waals surface area contributed by atoms with Crippen LogP contribution in [0.3, 0.4) is 0 Å². The molecule has 0 bridgehead atoms. The smallest absolute Gasteiger partial charge is 0.233 e. The number of carbonyl (C=O) groups excluding carboxylic acids is 2. The van der Waals surface area contributed by atoms with Gasteiger partial charge >= 0.3 is 0 Å². The molecule has 6 nitrogen and oxygen atoms in total. The van der Waals surface area contributed by atoms with E-state index in [1.54, 1.807) is 12.1 Å². The number of rotatable bonds is 4. The molecule has 3 atom stereocenters. The molecule has 2 aliphatic heterocycles. The Bertz CT molecular complexity index is 741. The number of hydrogen-bond donors (Lipinski definition) is 1. The third-order valence-electron chi connectivity index (χ3n) is 5.06. The number of nitrogens with zero attached hydrogens (tertiary/aromatic N) is 2. The maximum Gasteiger partial charge on any atom is 0.233 e. The number of carbonyl (C=O) groups is 2. The summed E-state index contributed by atoms with van der Waals surface area (Å²) in [7, 11) is 0. The summed E-state index contributed by atoms with van der Waals surface area (Å²) in [6.07, 6.45) is 4.89. The molecule has 0 unspecified atom stereocenters. The highest BCUT2D eigenvalue weighted by atomic mass is 32.2. The van der Waals surface area contributed by atoms with Crippen molar-refractivity contribution in [3.05, 3.63) is 34.8 Å². The van der Waals surface area contributed by atoms with Crippen LogP contribution in [-0.2, 0) is 9.59 Å². The molecule has 1 N–H and O–H groups in total. The van der Waals surface area contributed by atoms with Gasteiger partial charge in [0.1, 0.15) is 5.76 Å². The molecule has 0 aromatic carbocycles. The first kappa shape index (κ1) is 18.6. The lowest BCUT2D eigenvalue weighted by Gasteiger charge is -2.39. The van der Waals surface area contributed by atoms with Gasteiger partial charge in [0.25, 0.3) is 0 Å². The third-order valence-corrected chi connectivity index (χ3v) is 6.07. The molecule has 0 aliphatic carbocycles. The molecule has 3 rings (SSSR count). The Balaban J connectivity index is 1.75. The second-order valence-electron chi connectivity index (χ2n) is 6.89. The SMILES string of the molecule is C[C@@H]1CCC[C@H](C)N1C(=O)CSC1=C(C#N)[C@@H](c2ccco2)CC(=O)N1. The van der Waals surface area contributed by atoms with Crippen molar-refractivity contribution in [2.45, 2.75) is 57.5 Å². The molecule has 7 heteroatoms. The van der Waals surface area contributed by atoms with Crippen molar-refractivity contribution in [2.24, 2.45) is 0 Å². The summed E-state index contributed by atoms with van der Waals surface area (Å²) < 4.78 is 5.40. The number of piperidine rings is 1. The van der Waals surface area contributed by atoms with E-state index in [0.717, 1.165) is 19.3 Å². The van der Waals surface area contributed by atoms with Gasteiger partial charge in [0, 0.05) is 18.5 Å². The van der Waals surface area contributed by atoms with Crippen LogP contribution in [0.15, 0.2) is 33.4 Å². The lowest BCUT2D eigenvalue weighted by molar-refractivity contribution is -0.134. The quantitative estimate of drug-likeness (QED) is 0.876. The summed E-state index contributed by atoms with van der Waals surface area (Å²) in [5, 5.41) is 12.8. The largest absolute Gasteiger partial charge is 0.469 e. The van der Waals surface area contributed by atoms with Gasteiger partial charge in [-0.3, -0.25) is 9.59 Å². The van der Waals surface area contributed by atoms with E-state index in [-0.39, 0.29) is 36.1 Å². The zero-order valence-electron chi connectivity index (χ0n) is 15.0. The fourth-order valence-electron chi connectivity index (χ4n) is 3.79. The minimum absolute atomic E-state index is 0.0499. The molecule has 3 heterocycles. The second kappa shape index (κ2) is 8.00. The highest BCUT2D eigenvalue weighted by molar-refractivity contribution is 8.03. The highest BCUT2D eigenvalue weighted by Crippen LogP contribution is 2.36. The summed E-state index contributed by atoms with van der Waals surface area (Å²) in [6, 6.07) is 6.16. The number of nitrogens with one attached hydrogen (secondary N) is 1. The standard InChI is InChI=1S/C19H23N3O3S/c1-12-5-3-6-13(2)22(12)18(24)11-26-19-15(10-20)14(9-17(23)21-19)16-7-4-8-25-16/h4,7-8,12-14H,3,5-6,9,11H2,1-2H3,(H,21,23)/t12-,13+,14-/m0/s1. The Kier molecular flexibility index (Phi) is 5.72. The van der Waals surface area contributed by atoms with Crippen molar-refractivity contribution in [2.75, 3.05) is 5.75 Å². The van der Waals surface area contributed by atoms with Crippen LogP contribution in [0.25, 0.3) is 0 Å². The Hall–Kier alpha value is -2.20. The zero-order chi connectivity index (χ0) is 18.7. The molecule has 1 aromatic rings. The monoisotopic (exact) mass is 373 g/mol. The van der Waals surface area contributed by atoms with Crippen LogP contribution in [0.5, 0.6) is 0 Å². The predicted octanol–water partition coefficient (Wildman–Crippen LogP) is 3.14. The van der Waals surface area contributed by atoms with E-state index in [2.05, 4.69) is 25.2 Å². The van der Waals surface area contributed by atoms with E-state index in [1.807, 2.05) is 4.90 Å². The van der Waals surface area contributed by atoms with Crippen LogP contribution in [0, 0.1) is 11.3 Å². The van der Waals surface area contributed by atoms with Gasteiger partial charge in [-0.15, -0.1) is 0 Å². The molecule has 0 spiro atoms. The highest BCUT2D eigenvalue weighted by Gasteiger charge is 2.33. The predicted molar refractivity (Wildman–Crippen MR) is 98.9 cm³/mol. The third kappa shape index (κ3) is 3.80. The Morgan fingerprint density at radius 1 is 1.42 bits per heavy atom. The molecule has 0 radical (unpaired) electrons. The van der Waals surface area contributed by atoms with E-state index < -0.39 is 5.92 Å². The lowest BCUT2D eigenvalue weighted by Crippen LogP contribution is -2.48. The van der Waals surface area contributed by atoms with Gasteiger partial charge in [0.15, 0.2) is 0 Å². The number of amides is 2. The van der Waals surface area contributed by atoms with Crippen LogP contribution < -0.4 is 5.32 Å². The molecule has 0 saturated carbocycles.